The summed E-state index contributed by atoms with van der Waals surface area (Å²) in [6, 6.07) is 9.45. The first-order valence-corrected chi connectivity index (χ1v) is 7.53. The van der Waals surface area contributed by atoms with Gasteiger partial charge in [0.1, 0.15) is 6.61 Å². The van der Waals surface area contributed by atoms with Crippen LogP contribution in [0.15, 0.2) is 42.5 Å². The number of nitrogens with zero attached hydrogens (tertiary/aromatic N) is 1. The van der Waals surface area contributed by atoms with Gasteiger partial charge in [-0.1, -0.05) is 36.4 Å². The molecule has 2 rings (SSSR count). The molecule has 1 aromatic carbocycles. The van der Waals surface area contributed by atoms with Crippen molar-refractivity contribution in [1.82, 2.24) is 4.90 Å². The van der Waals surface area contributed by atoms with E-state index in [4.69, 9.17) is 9.47 Å². The lowest BCUT2D eigenvalue weighted by atomic mass is 10.2. The molecule has 118 valence electrons. The van der Waals surface area contributed by atoms with E-state index >= 15 is 0 Å². The van der Waals surface area contributed by atoms with Crippen LogP contribution in [0.1, 0.15) is 25.3 Å². The Labute approximate surface area is 130 Å². The maximum Gasteiger partial charge on any atom is 0.410 e. The quantitative estimate of drug-likeness (QED) is 0.620. The van der Waals surface area contributed by atoms with E-state index in [0.29, 0.717) is 13.2 Å². The van der Waals surface area contributed by atoms with E-state index < -0.39 is 0 Å². The number of amides is 1. The highest BCUT2D eigenvalue weighted by Crippen LogP contribution is 2.20. The number of hydrogen-bond donors (Lipinski definition) is 0. The molecule has 1 aliphatic rings. The van der Waals surface area contributed by atoms with Gasteiger partial charge in [-0.15, -0.1) is 0 Å². The van der Waals surface area contributed by atoms with Gasteiger partial charge in [-0.05, 0) is 25.3 Å². The zero-order chi connectivity index (χ0) is 15.8. The molecule has 1 aliphatic heterocycles. The fraction of sp³-hybridized carbons (Fsp3) is 0.412. The van der Waals surface area contributed by atoms with E-state index in [9.17, 15) is 9.59 Å². The van der Waals surface area contributed by atoms with Crippen LogP contribution >= 0.6 is 0 Å². The molecule has 1 amide bonds. The molecular formula is C17H21NO4. The van der Waals surface area contributed by atoms with Gasteiger partial charge in [0.25, 0.3) is 0 Å². The highest BCUT2D eigenvalue weighted by molar-refractivity contribution is 5.82. The fourth-order valence-corrected chi connectivity index (χ4v) is 2.40. The largest absolute Gasteiger partial charge is 0.463 e. The number of benzene rings is 1. The lowest BCUT2D eigenvalue weighted by molar-refractivity contribution is -0.137. The minimum Gasteiger partial charge on any atom is -0.463 e. The second kappa shape index (κ2) is 8.22. The average Bonchev–Trinajstić information content (AvgIpc) is 3.00. The average molecular weight is 303 g/mol. The van der Waals surface area contributed by atoms with E-state index in [1.807, 2.05) is 30.3 Å². The fourth-order valence-electron chi connectivity index (χ4n) is 2.40. The van der Waals surface area contributed by atoms with Crippen molar-refractivity contribution in [2.75, 3.05) is 13.2 Å². The summed E-state index contributed by atoms with van der Waals surface area (Å²) in [7, 11) is 0. The predicted molar refractivity (Wildman–Crippen MR) is 82.1 cm³/mol. The lowest BCUT2D eigenvalue weighted by Gasteiger charge is -2.21. The monoisotopic (exact) mass is 303 g/mol. The number of carbonyl (C=O) groups is 2. The third kappa shape index (κ3) is 4.62. The van der Waals surface area contributed by atoms with Crippen LogP contribution in [0.3, 0.4) is 0 Å². The predicted octanol–water partition coefficient (Wildman–Crippen LogP) is 2.91. The molecule has 0 unspecified atom stereocenters. The smallest absolute Gasteiger partial charge is 0.410 e. The molecule has 0 spiro atoms. The van der Waals surface area contributed by atoms with Crippen molar-refractivity contribution in [3.05, 3.63) is 48.0 Å². The number of rotatable bonds is 5. The van der Waals surface area contributed by atoms with E-state index in [1.165, 1.54) is 6.08 Å². The molecule has 22 heavy (non-hydrogen) atoms. The molecule has 0 N–H and O–H groups in total. The number of carbonyl (C=O) groups excluding carboxylic acids is 2. The first-order chi connectivity index (χ1) is 10.7. The highest BCUT2D eigenvalue weighted by atomic mass is 16.6. The van der Waals surface area contributed by atoms with Crippen molar-refractivity contribution < 1.29 is 19.1 Å². The first kappa shape index (κ1) is 16.1. The van der Waals surface area contributed by atoms with Crippen molar-refractivity contribution >= 4 is 12.1 Å². The van der Waals surface area contributed by atoms with E-state index in [2.05, 4.69) is 0 Å². The van der Waals surface area contributed by atoms with Crippen LogP contribution in [0.4, 0.5) is 4.79 Å². The van der Waals surface area contributed by atoms with Gasteiger partial charge in [0.2, 0.25) is 0 Å². The van der Waals surface area contributed by atoms with Crippen LogP contribution in [-0.2, 0) is 20.9 Å². The van der Waals surface area contributed by atoms with Gasteiger partial charge in [-0.25, -0.2) is 9.59 Å². The second-order valence-corrected chi connectivity index (χ2v) is 5.05. The van der Waals surface area contributed by atoms with Gasteiger partial charge in [0, 0.05) is 12.6 Å². The number of hydrogen-bond acceptors (Lipinski definition) is 4. The maximum absolute atomic E-state index is 12.2. The Kier molecular flexibility index (Phi) is 6.01. The van der Waals surface area contributed by atoms with Crippen molar-refractivity contribution in [1.29, 1.82) is 0 Å². The summed E-state index contributed by atoms with van der Waals surface area (Å²) in [5.74, 6) is -0.382. The molecule has 1 fully saturated rings. The van der Waals surface area contributed by atoms with E-state index in [1.54, 1.807) is 17.9 Å². The standard InChI is InChI=1S/C17H21NO4/c1-2-21-16(19)11-10-15-9-6-12-18(15)17(20)22-13-14-7-4-3-5-8-14/h3-5,7-8,10-11,15H,2,6,9,12-13H2,1H3/b11-10+/t15-/m0/s1. The first-order valence-electron chi connectivity index (χ1n) is 7.53. The van der Waals surface area contributed by atoms with Gasteiger partial charge < -0.3 is 14.4 Å². The summed E-state index contributed by atoms with van der Waals surface area (Å²) in [5, 5.41) is 0. The van der Waals surface area contributed by atoms with E-state index in [-0.39, 0.29) is 24.7 Å². The Bertz CT molecular complexity index is 527. The third-order valence-corrected chi connectivity index (χ3v) is 3.48. The Hall–Kier alpha value is -2.30. The van der Waals surface area contributed by atoms with Gasteiger partial charge in [0.05, 0.1) is 12.6 Å². The SMILES string of the molecule is CCOC(=O)/C=C/[C@@H]1CCCN1C(=O)OCc1ccccc1. The summed E-state index contributed by atoms with van der Waals surface area (Å²) in [5.41, 5.74) is 0.952. The van der Waals surface area contributed by atoms with Crippen molar-refractivity contribution in [2.45, 2.75) is 32.4 Å². The van der Waals surface area contributed by atoms with Crippen molar-refractivity contribution in [2.24, 2.45) is 0 Å². The van der Waals surface area contributed by atoms with Crippen LogP contribution in [0.25, 0.3) is 0 Å². The normalized spacial score (nSPS) is 17.7. The third-order valence-electron chi connectivity index (χ3n) is 3.48. The lowest BCUT2D eigenvalue weighted by Crippen LogP contribution is -2.34. The summed E-state index contributed by atoms with van der Waals surface area (Å²) in [4.78, 5) is 25.1. The minimum absolute atomic E-state index is 0.104. The zero-order valence-electron chi connectivity index (χ0n) is 12.7. The Balaban J connectivity index is 1.86. The number of esters is 1. The molecule has 0 saturated carbocycles. The molecular weight excluding hydrogens is 282 g/mol. The molecule has 1 aromatic rings. The van der Waals surface area contributed by atoms with Crippen LogP contribution in [0.2, 0.25) is 0 Å². The number of ether oxygens (including phenoxy) is 2. The van der Waals surface area contributed by atoms with E-state index in [0.717, 1.165) is 18.4 Å². The molecule has 1 saturated heterocycles. The molecule has 1 atom stereocenters. The minimum atomic E-state index is -0.382. The van der Waals surface area contributed by atoms with Gasteiger partial charge in [-0.3, -0.25) is 0 Å². The topological polar surface area (TPSA) is 55.8 Å². The molecule has 5 nitrogen and oxygen atoms in total. The Morgan fingerprint density at radius 3 is 2.77 bits per heavy atom. The molecule has 0 aliphatic carbocycles. The van der Waals surface area contributed by atoms with Crippen molar-refractivity contribution in [3.63, 3.8) is 0 Å². The Morgan fingerprint density at radius 1 is 1.27 bits per heavy atom. The summed E-state index contributed by atoms with van der Waals surface area (Å²) in [6.07, 6.45) is 4.49. The van der Waals surface area contributed by atoms with Gasteiger partial charge in [0.15, 0.2) is 0 Å². The molecule has 5 heteroatoms. The molecule has 0 radical (unpaired) electrons. The van der Waals surface area contributed by atoms with Crippen LogP contribution in [0.5, 0.6) is 0 Å². The molecule has 0 bridgehead atoms. The van der Waals surface area contributed by atoms with Crippen molar-refractivity contribution in [3.8, 4) is 0 Å². The maximum atomic E-state index is 12.2. The summed E-state index contributed by atoms with van der Waals surface area (Å²) < 4.78 is 10.2. The van der Waals surface area contributed by atoms with Gasteiger partial charge >= 0.3 is 12.1 Å². The number of likely N-dealkylation sites (tertiary alicyclic amines) is 1. The van der Waals surface area contributed by atoms with Crippen LogP contribution in [0, 0.1) is 0 Å². The van der Waals surface area contributed by atoms with Gasteiger partial charge in [-0.2, -0.15) is 0 Å². The van der Waals surface area contributed by atoms with Crippen LogP contribution < -0.4 is 0 Å². The van der Waals surface area contributed by atoms with Crippen LogP contribution in [-0.4, -0.2) is 36.2 Å². The highest BCUT2D eigenvalue weighted by Gasteiger charge is 2.28. The summed E-state index contributed by atoms with van der Waals surface area (Å²) >= 11 is 0. The molecule has 1 heterocycles. The zero-order valence-corrected chi connectivity index (χ0v) is 12.7. The Morgan fingerprint density at radius 2 is 2.05 bits per heavy atom. The summed E-state index contributed by atoms with van der Waals surface area (Å²) in [6.45, 7) is 3.00. The molecule has 0 aromatic heterocycles. The second-order valence-electron chi connectivity index (χ2n) is 5.05.